The van der Waals surface area contributed by atoms with Gasteiger partial charge < -0.3 is 4.90 Å². The molecule has 0 aliphatic rings. The molecule has 7 nitrogen and oxygen atoms in total. The van der Waals surface area contributed by atoms with Crippen LogP contribution >= 0.6 is 0 Å². The van der Waals surface area contributed by atoms with Crippen LogP contribution in [0.15, 0.2) is 72.9 Å². The summed E-state index contributed by atoms with van der Waals surface area (Å²) >= 11 is 0. The summed E-state index contributed by atoms with van der Waals surface area (Å²) in [5.41, 5.74) is 5.14. The highest BCUT2D eigenvalue weighted by molar-refractivity contribution is 5.94. The molecule has 0 aliphatic carbocycles. The molecule has 3 heterocycles. The number of carbonyl (C=O) groups is 1. The van der Waals surface area contributed by atoms with Crippen LogP contribution in [0.3, 0.4) is 0 Å². The highest BCUT2D eigenvalue weighted by atomic mass is 16.2. The zero-order chi connectivity index (χ0) is 21.4. The fraction of sp³-hybridized carbons (Fsp3) is 0.125. The molecule has 0 bridgehead atoms. The van der Waals surface area contributed by atoms with Crippen LogP contribution < -0.4 is 0 Å². The van der Waals surface area contributed by atoms with Gasteiger partial charge in [0.15, 0.2) is 11.5 Å². The zero-order valence-electron chi connectivity index (χ0n) is 17.2. The molecule has 152 valence electrons. The Labute approximate surface area is 179 Å². The van der Waals surface area contributed by atoms with Gasteiger partial charge in [0, 0.05) is 43.2 Å². The lowest BCUT2D eigenvalue weighted by Gasteiger charge is -2.10. The zero-order valence-corrected chi connectivity index (χ0v) is 17.2. The average molecular weight is 408 g/mol. The smallest absolute Gasteiger partial charge is 0.253 e. The fourth-order valence-electron chi connectivity index (χ4n) is 3.56. The predicted octanol–water partition coefficient (Wildman–Crippen LogP) is 3.63. The number of nitrogens with zero attached hydrogens (tertiary/aromatic N) is 6. The third-order valence-corrected chi connectivity index (χ3v) is 5.19. The monoisotopic (exact) mass is 408 g/mol. The van der Waals surface area contributed by atoms with Crippen LogP contribution in [0.5, 0.6) is 0 Å². The number of rotatable bonds is 4. The van der Waals surface area contributed by atoms with E-state index in [0.717, 1.165) is 33.5 Å². The second-order valence-corrected chi connectivity index (χ2v) is 7.59. The Morgan fingerprint density at radius 1 is 0.968 bits per heavy atom. The second kappa shape index (κ2) is 7.60. The van der Waals surface area contributed by atoms with Gasteiger partial charge in [-0.2, -0.15) is 9.61 Å². The number of fused-ring (bicyclic) bond motifs is 2. The number of benzene rings is 2. The van der Waals surface area contributed by atoms with Crippen molar-refractivity contribution in [1.29, 1.82) is 0 Å². The van der Waals surface area contributed by atoms with E-state index >= 15 is 0 Å². The minimum atomic E-state index is -0.0263. The van der Waals surface area contributed by atoms with Gasteiger partial charge in [0.1, 0.15) is 0 Å². The molecule has 0 saturated heterocycles. The van der Waals surface area contributed by atoms with Crippen LogP contribution in [-0.2, 0) is 6.42 Å². The van der Waals surface area contributed by atoms with Gasteiger partial charge in [-0.1, -0.05) is 24.3 Å². The third kappa shape index (κ3) is 3.61. The van der Waals surface area contributed by atoms with Gasteiger partial charge in [0.2, 0.25) is 0 Å². The summed E-state index contributed by atoms with van der Waals surface area (Å²) in [6.07, 6.45) is 2.40. The Balaban J connectivity index is 1.47. The molecular formula is C24H20N6O. The van der Waals surface area contributed by atoms with Crippen molar-refractivity contribution in [3.63, 3.8) is 0 Å². The average Bonchev–Trinajstić information content (AvgIpc) is 3.20. The van der Waals surface area contributed by atoms with Crippen LogP contribution in [0, 0.1) is 0 Å². The lowest BCUT2D eigenvalue weighted by Crippen LogP contribution is -2.21. The van der Waals surface area contributed by atoms with E-state index in [1.54, 1.807) is 29.7 Å². The van der Waals surface area contributed by atoms with Crippen LogP contribution in [-0.4, -0.2) is 49.7 Å². The summed E-state index contributed by atoms with van der Waals surface area (Å²) < 4.78 is 1.78. The molecule has 0 atom stereocenters. The maximum Gasteiger partial charge on any atom is 0.253 e. The van der Waals surface area contributed by atoms with Crippen molar-refractivity contribution >= 4 is 22.5 Å². The van der Waals surface area contributed by atoms with Gasteiger partial charge in [0.25, 0.3) is 5.91 Å². The van der Waals surface area contributed by atoms with Gasteiger partial charge >= 0.3 is 0 Å². The predicted molar refractivity (Wildman–Crippen MR) is 119 cm³/mol. The highest BCUT2D eigenvalue weighted by Crippen LogP contribution is 2.20. The van der Waals surface area contributed by atoms with Crippen molar-refractivity contribution in [1.82, 2.24) is 29.7 Å². The molecule has 3 aromatic heterocycles. The van der Waals surface area contributed by atoms with E-state index in [2.05, 4.69) is 33.4 Å². The highest BCUT2D eigenvalue weighted by Gasteiger charge is 2.12. The topological polar surface area (TPSA) is 76.3 Å². The Bertz CT molecular complexity index is 1410. The SMILES string of the molecule is CN(C)C(=O)c1ccc(-c2ccc3nnc(Cc4ccc5ncccc5c4)n3n2)cc1. The quantitative estimate of drug-likeness (QED) is 0.454. The number of pyridine rings is 1. The van der Waals surface area contributed by atoms with Crippen molar-refractivity contribution in [2.24, 2.45) is 0 Å². The number of aromatic nitrogens is 5. The summed E-state index contributed by atoms with van der Waals surface area (Å²) in [6.45, 7) is 0. The standard InChI is InChI=1S/C24H20N6O/c1-29(2)24(31)18-8-6-17(7-9-18)21-11-12-22-26-27-23(30(22)28-21)15-16-5-10-20-19(14-16)4-3-13-25-20/h3-14H,15H2,1-2H3. The summed E-state index contributed by atoms with van der Waals surface area (Å²) in [4.78, 5) is 18.1. The third-order valence-electron chi connectivity index (χ3n) is 5.19. The molecule has 5 rings (SSSR count). The van der Waals surface area contributed by atoms with Gasteiger partial charge in [-0.3, -0.25) is 9.78 Å². The second-order valence-electron chi connectivity index (χ2n) is 7.59. The van der Waals surface area contributed by atoms with E-state index in [-0.39, 0.29) is 5.91 Å². The lowest BCUT2D eigenvalue weighted by molar-refractivity contribution is 0.0827. The Kier molecular flexibility index (Phi) is 4.63. The summed E-state index contributed by atoms with van der Waals surface area (Å²) in [5.74, 6) is 0.737. The molecule has 31 heavy (non-hydrogen) atoms. The number of hydrogen-bond acceptors (Lipinski definition) is 5. The van der Waals surface area contributed by atoms with Crippen LogP contribution in [0.25, 0.3) is 27.8 Å². The Morgan fingerprint density at radius 2 is 1.81 bits per heavy atom. The van der Waals surface area contributed by atoms with Crippen LogP contribution in [0.2, 0.25) is 0 Å². The first-order valence-corrected chi connectivity index (χ1v) is 9.95. The number of hydrogen-bond donors (Lipinski definition) is 0. The Hall–Kier alpha value is -4.13. The van der Waals surface area contributed by atoms with Crippen LogP contribution in [0.4, 0.5) is 0 Å². The van der Waals surface area contributed by atoms with Gasteiger partial charge in [0.05, 0.1) is 11.2 Å². The molecular weight excluding hydrogens is 388 g/mol. The van der Waals surface area contributed by atoms with E-state index in [1.807, 2.05) is 48.5 Å². The van der Waals surface area contributed by atoms with Gasteiger partial charge in [-0.05, 0) is 48.0 Å². The molecule has 0 aliphatic heterocycles. The van der Waals surface area contributed by atoms with E-state index in [0.29, 0.717) is 17.6 Å². The van der Waals surface area contributed by atoms with Crippen molar-refractivity contribution in [2.75, 3.05) is 14.1 Å². The Morgan fingerprint density at radius 3 is 2.61 bits per heavy atom. The van der Waals surface area contributed by atoms with Crippen molar-refractivity contribution < 1.29 is 4.79 Å². The summed E-state index contributed by atoms with van der Waals surface area (Å²) in [6, 6.07) is 21.5. The fourth-order valence-corrected chi connectivity index (χ4v) is 3.56. The first kappa shape index (κ1) is 18.9. The van der Waals surface area contributed by atoms with Crippen molar-refractivity contribution in [3.05, 3.63) is 89.9 Å². The number of carbonyl (C=O) groups excluding carboxylic acids is 1. The summed E-state index contributed by atoms with van der Waals surface area (Å²) in [5, 5.41) is 14.5. The number of amides is 1. The molecule has 1 amide bonds. The normalized spacial score (nSPS) is 11.2. The minimum Gasteiger partial charge on any atom is -0.345 e. The van der Waals surface area contributed by atoms with Gasteiger partial charge in [-0.25, -0.2) is 0 Å². The molecule has 0 N–H and O–H groups in total. The molecule has 0 fully saturated rings. The first-order chi connectivity index (χ1) is 15.1. The molecule has 0 saturated carbocycles. The van der Waals surface area contributed by atoms with E-state index in [9.17, 15) is 4.79 Å². The maximum absolute atomic E-state index is 12.1. The first-order valence-electron chi connectivity index (χ1n) is 9.95. The van der Waals surface area contributed by atoms with E-state index in [4.69, 9.17) is 5.10 Å². The molecule has 0 spiro atoms. The van der Waals surface area contributed by atoms with E-state index < -0.39 is 0 Å². The van der Waals surface area contributed by atoms with Crippen molar-refractivity contribution in [3.8, 4) is 11.3 Å². The molecule has 0 unspecified atom stereocenters. The van der Waals surface area contributed by atoms with E-state index in [1.165, 1.54) is 0 Å². The summed E-state index contributed by atoms with van der Waals surface area (Å²) in [7, 11) is 3.48. The van der Waals surface area contributed by atoms with Gasteiger partial charge in [-0.15, -0.1) is 10.2 Å². The molecule has 0 radical (unpaired) electrons. The largest absolute Gasteiger partial charge is 0.345 e. The molecule has 2 aromatic carbocycles. The molecule has 7 heteroatoms. The maximum atomic E-state index is 12.1. The minimum absolute atomic E-state index is 0.0263. The van der Waals surface area contributed by atoms with Crippen molar-refractivity contribution in [2.45, 2.75) is 6.42 Å². The van der Waals surface area contributed by atoms with Crippen LogP contribution in [0.1, 0.15) is 21.7 Å². The molecule has 5 aromatic rings. The lowest BCUT2D eigenvalue weighted by atomic mass is 10.1.